The van der Waals surface area contributed by atoms with Gasteiger partial charge in [-0.15, -0.1) is 0 Å². The highest BCUT2D eigenvalue weighted by molar-refractivity contribution is 5.87. The van der Waals surface area contributed by atoms with Gasteiger partial charge >= 0.3 is 0 Å². The van der Waals surface area contributed by atoms with E-state index in [1.54, 1.807) is 14.2 Å². The van der Waals surface area contributed by atoms with Crippen LogP contribution in [0.5, 0.6) is 11.5 Å². The highest BCUT2D eigenvalue weighted by Crippen LogP contribution is 2.38. The van der Waals surface area contributed by atoms with Gasteiger partial charge in [0.25, 0.3) is 0 Å². The third kappa shape index (κ3) is 6.28. The number of benzene rings is 3. The van der Waals surface area contributed by atoms with Gasteiger partial charge < -0.3 is 19.4 Å². The summed E-state index contributed by atoms with van der Waals surface area (Å²) in [7, 11) is 3.32. The fourth-order valence-corrected chi connectivity index (χ4v) is 5.80. The maximum absolute atomic E-state index is 13.6. The van der Waals surface area contributed by atoms with Gasteiger partial charge in [0.2, 0.25) is 5.91 Å². The first-order valence-electron chi connectivity index (χ1n) is 13.9. The summed E-state index contributed by atoms with van der Waals surface area (Å²) in [6, 6.07) is 25.2. The predicted molar refractivity (Wildman–Crippen MR) is 157 cm³/mol. The number of ether oxygens (including phenoxy) is 2. The average molecular weight is 526 g/mol. The minimum Gasteiger partial charge on any atom is -0.497 e. The van der Waals surface area contributed by atoms with E-state index in [1.165, 1.54) is 16.5 Å². The van der Waals surface area contributed by atoms with E-state index < -0.39 is 0 Å². The number of para-hydroxylation sites is 1. The first kappa shape index (κ1) is 26.8. The van der Waals surface area contributed by atoms with E-state index in [-0.39, 0.29) is 17.9 Å². The maximum atomic E-state index is 13.6. The number of likely N-dealkylation sites (tertiary alicyclic amines) is 1. The zero-order valence-corrected chi connectivity index (χ0v) is 23.2. The molecule has 0 radical (unpaired) electrons. The molecule has 1 aliphatic heterocycles. The number of nitrogens with one attached hydrogen (secondary N) is 1. The average Bonchev–Trinajstić information content (AvgIpc) is 3.35. The highest BCUT2D eigenvalue weighted by atomic mass is 16.5. The Bertz CT molecular complexity index is 1370. The molecule has 0 aliphatic carbocycles. The second-order valence-electron chi connectivity index (χ2n) is 10.4. The van der Waals surface area contributed by atoms with E-state index in [0.717, 1.165) is 61.6 Å². The fraction of sp³-hybridized carbons (Fsp3) is 0.364. The SMILES string of the molecule is CCn1cc([C@H](CC(=O)NC2CCN(Cc3ccccc3)CC2)c2cc(OC)cc(OC)c2)c2ccccc21. The van der Waals surface area contributed by atoms with Crippen LogP contribution < -0.4 is 14.8 Å². The number of aryl methyl sites for hydroxylation is 1. The smallest absolute Gasteiger partial charge is 0.221 e. The Labute approximate surface area is 231 Å². The number of nitrogens with zero attached hydrogens (tertiary/aromatic N) is 2. The van der Waals surface area contributed by atoms with Crippen molar-refractivity contribution in [2.75, 3.05) is 27.3 Å². The van der Waals surface area contributed by atoms with E-state index >= 15 is 0 Å². The van der Waals surface area contributed by atoms with E-state index in [4.69, 9.17) is 9.47 Å². The van der Waals surface area contributed by atoms with Crippen LogP contribution in [0, 0.1) is 0 Å². The van der Waals surface area contributed by atoms with E-state index in [1.807, 2.05) is 18.2 Å². The van der Waals surface area contributed by atoms with Crippen molar-refractivity contribution in [3.63, 3.8) is 0 Å². The molecule has 1 saturated heterocycles. The van der Waals surface area contributed by atoms with Crippen molar-refractivity contribution in [2.45, 2.75) is 51.2 Å². The molecule has 4 aromatic rings. The first-order valence-corrected chi connectivity index (χ1v) is 13.9. The molecule has 0 saturated carbocycles. The van der Waals surface area contributed by atoms with Gasteiger partial charge in [-0.2, -0.15) is 0 Å². The number of carbonyl (C=O) groups excluding carboxylic acids is 1. The van der Waals surface area contributed by atoms with Gasteiger partial charge in [0.05, 0.1) is 14.2 Å². The number of hydrogen-bond acceptors (Lipinski definition) is 4. The zero-order valence-electron chi connectivity index (χ0n) is 23.2. The summed E-state index contributed by atoms with van der Waals surface area (Å²) in [5, 5.41) is 4.54. The molecule has 3 aromatic carbocycles. The number of amides is 1. The summed E-state index contributed by atoms with van der Waals surface area (Å²) in [6.07, 6.45) is 4.49. The molecular formula is C33H39N3O3. The standard InChI is InChI=1S/C33H39N3O3/c1-4-36-23-31(29-12-8-9-13-32(29)36)30(25-18-27(38-2)20-28(19-25)39-3)21-33(37)34-26-14-16-35(17-15-26)22-24-10-6-5-7-11-24/h5-13,18-20,23,26,30H,4,14-17,21-22H2,1-3H3,(H,34,37)/t30-/m1/s1. The molecular weight excluding hydrogens is 486 g/mol. The van der Waals surface area contributed by atoms with Crippen molar-refractivity contribution in [1.82, 2.24) is 14.8 Å². The molecule has 0 spiro atoms. The maximum Gasteiger partial charge on any atom is 0.221 e. The van der Waals surface area contributed by atoms with Gasteiger partial charge in [-0.1, -0.05) is 48.5 Å². The van der Waals surface area contributed by atoms with Crippen molar-refractivity contribution in [1.29, 1.82) is 0 Å². The molecule has 1 aromatic heterocycles. The third-order valence-electron chi connectivity index (χ3n) is 7.90. The Morgan fingerprint density at radius 2 is 1.62 bits per heavy atom. The van der Waals surface area contributed by atoms with Crippen LogP contribution in [-0.4, -0.2) is 48.7 Å². The Balaban J connectivity index is 1.35. The van der Waals surface area contributed by atoms with E-state index in [2.05, 4.69) is 82.5 Å². The quantitative estimate of drug-likeness (QED) is 0.277. The summed E-state index contributed by atoms with van der Waals surface area (Å²) >= 11 is 0. The Morgan fingerprint density at radius 1 is 0.949 bits per heavy atom. The minimum atomic E-state index is -0.134. The van der Waals surface area contributed by atoms with Crippen molar-refractivity contribution in [2.24, 2.45) is 0 Å². The molecule has 0 bridgehead atoms. The monoisotopic (exact) mass is 525 g/mol. The molecule has 1 fully saturated rings. The van der Waals surface area contributed by atoms with Crippen molar-refractivity contribution in [3.05, 3.63) is 95.7 Å². The van der Waals surface area contributed by atoms with Crippen molar-refractivity contribution < 1.29 is 14.3 Å². The molecule has 5 rings (SSSR count). The molecule has 1 aliphatic rings. The van der Waals surface area contributed by atoms with Crippen LogP contribution in [0.4, 0.5) is 0 Å². The van der Waals surface area contributed by atoms with Crippen molar-refractivity contribution in [3.8, 4) is 11.5 Å². The number of hydrogen-bond donors (Lipinski definition) is 1. The minimum absolute atomic E-state index is 0.0802. The molecule has 1 atom stereocenters. The second-order valence-corrected chi connectivity index (χ2v) is 10.4. The van der Waals surface area contributed by atoms with Gasteiger partial charge in [0.1, 0.15) is 11.5 Å². The molecule has 6 heteroatoms. The second kappa shape index (κ2) is 12.4. The lowest BCUT2D eigenvalue weighted by Crippen LogP contribution is -2.44. The summed E-state index contributed by atoms with van der Waals surface area (Å²) in [5.41, 5.74) is 4.68. The van der Waals surface area contributed by atoms with E-state index in [9.17, 15) is 4.79 Å². The number of carbonyl (C=O) groups is 1. The van der Waals surface area contributed by atoms with Gasteiger partial charge in [-0.05, 0) is 54.7 Å². The number of piperidine rings is 1. The first-order chi connectivity index (χ1) is 19.1. The summed E-state index contributed by atoms with van der Waals surface area (Å²) in [6.45, 7) is 5.95. The predicted octanol–water partition coefficient (Wildman–Crippen LogP) is 5.98. The zero-order chi connectivity index (χ0) is 27.2. The number of rotatable bonds is 10. The summed E-state index contributed by atoms with van der Waals surface area (Å²) in [5.74, 6) is 1.39. The number of fused-ring (bicyclic) bond motifs is 1. The van der Waals surface area contributed by atoms with Crippen LogP contribution in [0.2, 0.25) is 0 Å². The van der Waals surface area contributed by atoms with Crippen LogP contribution in [0.3, 0.4) is 0 Å². The summed E-state index contributed by atoms with van der Waals surface area (Å²) < 4.78 is 13.4. The highest BCUT2D eigenvalue weighted by Gasteiger charge is 2.26. The van der Waals surface area contributed by atoms with Gasteiger partial charge in [-0.3, -0.25) is 9.69 Å². The van der Waals surface area contributed by atoms with Gasteiger partial charge in [0, 0.05) is 67.7 Å². The molecule has 39 heavy (non-hydrogen) atoms. The van der Waals surface area contributed by atoms with Crippen LogP contribution in [0.1, 0.15) is 48.8 Å². The van der Waals surface area contributed by atoms with Crippen LogP contribution >= 0.6 is 0 Å². The topological polar surface area (TPSA) is 55.7 Å². The molecule has 204 valence electrons. The van der Waals surface area contributed by atoms with Gasteiger partial charge in [-0.25, -0.2) is 0 Å². The Hall–Kier alpha value is -3.77. The van der Waals surface area contributed by atoms with Crippen LogP contribution in [0.15, 0.2) is 79.0 Å². The largest absolute Gasteiger partial charge is 0.497 e. The number of aromatic nitrogens is 1. The van der Waals surface area contributed by atoms with Gasteiger partial charge in [0.15, 0.2) is 0 Å². The lowest BCUT2D eigenvalue weighted by molar-refractivity contribution is -0.122. The molecule has 6 nitrogen and oxygen atoms in total. The molecule has 1 amide bonds. The Morgan fingerprint density at radius 3 is 2.28 bits per heavy atom. The van der Waals surface area contributed by atoms with Crippen LogP contribution in [0.25, 0.3) is 10.9 Å². The van der Waals surface area contributed by atoms with E-state index in [0.29, 0.717) is 6.42 Å². The molecule has 1 N–H and O–H groups in total. The lowest BCUT2D eigenvalue weighted by Gasteiger charge is -2.32. The fourth-order valence-electron chi connectivity index (χ4n) is 5.80. The summed E-state index contributed by atoms with van der Waals surface area (Å²) in [4.78, 5) is 16.0. The lowest BCUT2D eigenvalue weighted by atomic mass is 9.87. The Kier molecular flexibility index (Phi) is 8.52. The van der Waals surface area contributed by atoms with Crippen LogP contribution in [-0.2, 0) is 17.9 Å². The molecule has 0 unspecified atom stereocenters. The van der Waals surface area contributed by atoms with Crippen molar-refractivity contribution >= 4 is 16.8 Å². The number of methoxy groups -OCH3 is 2. The third-order valence-corrected chi connectivity index (χ3v) is 7.90. The molecule has 2 heterocycles. The normalized spacial score (nSPS) is 15.3.